The van der Waals surface area contributed by atoms with Gasteiger partial charge in [-0.15, -0.1) is 0 Å². The van der Waals surface area contributed by atoms with Crippen LogP contribution < -0.4 is 10.5 Å². The molecule has 0 aliphatic heterocycles. The molecule has 2 N–H and O–H groups in total. The van der Waals surface area contributed by atoms with E-state index in [0.29, 0.717) is 18.9 Å². The number of hydrogen-bond donors (Lipinski definition) is 1. The highest BCUT2D eigenvalue weighted by atomic mass is 16.5. The van der Waals surface area contributed by atoms with Gasteiger partial charge in [0.05, 0.1) is 6.61 Å². The van der Waals surface area contributed by atoms with Crippen LogP contribution in [0.3, 0.4) is 0 Å². The lowest BCUT2D eigenvalue weighted by Gasteiger charge is -2.20. The van der Waals surface area contributed by atoms with E-state index in [4.69, 9.17) is 10.5 Å². The van der Waals surface area contributed by atoms with E-state index in [1.54, 1.807) is 0 Å². The lowest BCUT2D eigenvalue weighted by molar-refractivity contribution is 0.0889. The van der Waals surface area contributed by atoms with Crippen molar-refractivity contribution in [2.24, 2.45) is 11.7 Å². The molecule has 0 amide bonds. The predicted octanol–water partition coefficient (Wildman–Crippen LogP) is 3.18. The monoisotopic (exact) mass is 261 g/mol. The standard InChI is InChI=1S/C16H23NO2/c17-11-4-12-19-15-9-7-14(8-10-15)16(18)13-5-2-1-3-6-13/h7-10,13H,1-6,11-12,17H2. The van der Waals surface area contributed by atoms with Crippen molar-refractivity contribution in [3.05, 3.63) is 29.8 Å². The number of rotatable bonds is 6. The van der Waals surface area contributed by atoms with Gasteiger partial charge in [-0.05, 0) is 50.1 Å². The molecule has 1 fully saturated rings. The smallest absolute Gasteiger partial charge is 0.165 e. The molecule has 1 aromatic rings. The van der Waals surface area contributed by atoms with E-state index >= 15 is 0 Å². The second-order valence-electron chi connectivity index (χ2n) is 5.21. The predicted molar refractivity (Wildman–Crippen MR) is 76.5 cm³/mol. The zero-order chi connectivity index (χ0) is 13.5. The van der Waals surface area contributed by atoms with Crippen molar-refractivity contribution in [1.82, 2.24) is 0 Å². The Kier molecular flexibility index (Phi) is 5.40. The molecule has 1 saturated carbocycles. The van der Waals surface area contributed by atoms with Gasteiger partial charge < -0.3 is 10.5 Å². The molecule has 104 valence electrons. The first-order valence-corrected chi connectivity index (χ1v) is 7.28. The molecule has 0 radical (unpaired) electrons. The molecular weight excluding hydrogens is 238 g/mol. The molecule has 0 unspecified atom stereocenters. The van der Waals surface area contributed by atoms with Gasteiger partial charge in [-0.3, -0.25) is 4.79 Å². The van der Waals surface area contributed by atoms with Crippen LogP contribution >= 0.6 is 0 Å². The average Bonchev–Trinajstić information content (AvgIpc) is 2.48. The van der Waals surface area contributed by atoms with E-state index in [1.165, 1.54) is 19.3 Å². The second-order valence-corrected chi connectivity index (χ2v) is 5.21. The molecule has 1 aliphatic carbocycles. The summed E-state index contributed by atoms with van der Waals surface area (Å²) in [5, 5.41) is 0. The first kappa shape index (κ1) is 14.1. The Bertz CT molecular complexity index is 394. The van der Waals surface area contributed by atoms with Crippen LogP contribution in [0.5, 0.6) is 5.75 Å². The van der Waals surface area contributed by atoms with Gasteiger partial charge in [0.25, 0.3) is 0 Å². The summed E-state index contributed by atoms with van der Waals surface area (Å²) in [6, 6.07) is 7.53. The highest BCUT2D eigenvalue weighted by Crippen LogP contribution is 2.27. The van der Waals surface area contributed by atoms with Gasteiger partial charge in [-0.1, -0.05) is 19.3 Å². The van der Waals surface area contributed by atoms with Crippen LogP contribution in [0.1, 0.15) is 48.9 Å². The third-order valence-corrected chi connectivity index (χ3v) is 3.73. The van der Waals surface area contributed by atoms with Crippen LogP contribution in [0.4, 0.5) is 0 Å². The van der Waals surface area contributed by atoms with Crippen LogP contribution in [0.25, 0.3) is 0 Å². The third kappa shape index (κ3) is 4.06. The quantitative estimate of drug-likeness (QED) is 0.632. The molecule has 3 heteroatoms. The number of Topliss-reactive ketones (excluding diaryl/α,β-unsaturated/α-hetero) is 1. The van der Waals surface area contributed by atoms with Crippen molar-refractivity contribution >= 4 is 5.78 Å². The number of ketones is 1. The lowest BCUT2D eigenvalue weighted by Crippen LogP contribution is -2.17. The zero-order valence-electron chi connectivity index (χ0n) is 11.4. The van der Waals surface area contributed by atoms with Crippen molar-refractivity contribution in [2.75, 3.05) is 13.2 Å². The zero-order valence-corrected chi connectivity index (χ0v) is 11.4. The highest BCUT2D eigenvalue weighted by Gasteiger charge is 2.22. The molecular formula is C16H23NO2. The Morgan fingerprint density at radius 1 is 1.16 bits per heavy atom. The van der Waals surface area contributed by atoms with Gasteiger partial charge >= 0.3 is 0 Å². The summed E-state index contributed by atoms with van der Waals surface area (Å²) in [7, 11) is 0. The molecule has 3 nitrogen and oxygen atoms in total. The van der Waals surface area contributed by atoms with Crippen molar-refractivity contribution in [1.29, 1.82) is 0 Å². The fraction of sp³-hybridized carbons (Fsp3) is 0.562. The number of nitrogens with two attached hydrogens (primary N) is 1. The van der Waals surface area contributed by atoms with Gasteiger partial charge in [0.15, 0.2) is 5.78 Å². The van der Waals surface area contributed by atoms with Crippen molar-refractivity contribution < 1.29 is 9.53 Å². The van der Waals surface area contributed by atoms with Gasteiger partial charge in [0.1, 0.15) is 5.75 Å². The topological polar surface area (TPSA) is 52.3 Å². The summed E-state index contributed by atoms with van der Waals surface area (Å²) < 4.78 is 5.54. The Morgan fingerprint density at radius 2 is 1.84 bits per heavy atom. The largest absolute Gasteiger partial charge is 0.494 e. The van der Waals surface area contributed by atoms with E-state index < -0.39 is 0 Å². The first-order valence-electron chi connectivity index (χ1n) is 7.28. The number of hydrogen-bond acceptors (Lipinski definition) is 3. The van der Waals surface area contributed by atoms with Crippen LogP contribution in [0.2, 0.25) is 0 Å². The van der Waals surface area contributed by atoms with Gasteiger partial charge in [0.2, 0.25) is 0 Å². The van der Waals surface area contributed by atoms with E-state index in [-0.39, 0.29) is 5.92 Å². The van der Waals surface area contributed by atoms with Crippen molar-refractivity contribution in [3.8, 4) is 5.75 Å². The van der Waals surface area contributed by atoms with Crippen molar-refractivity contribution in [2.45, 2.75) is 38.5 Å². The van der Waals surface area contributed by atoms with E-state index in [2.05, 4.69) is 0 Å². The molecule has 0 aromatic heterocycles. The molecule has 1 aromatic carbocycles. The summed E-state index contributed by atoms with van der Waals surface area (Å²) in [4.78, 5) is 12.3. The number of carbonyl (C=O) groups excluding carboxylic acids is 1. The Hall–Kier alpha value is -1.35. The summed E-state index contributed by atoms with van der Waals surface area (Å²) in [6.45, 7) is 1.27. The SMILES string of the molecule is NCCCOc1ccc(C(=O)C2CCCCC2)cc1. The summed E-state index contributed by atoms with van der Waals surface area (Å²) in [6.07, 6.45) is 6.61. The molecule has 0 saturated heterocycles. The van der Waals surface area contributed by atoms with Crippen LogP contribution in [-0.4, -0.2) is 18.9 Å². The number of ether oxygens (including phenoxy) is 1. The first-order chi connectivity index (χ1) is 9.31. The highest BCUT2D eigenvalue weighted by molar-refractivity contribution is 5.97. The minimum absolute atomic E-state index is 0.234. The summed E-state index contributed by atoms with van der Waals surface area (Å²) >= 11 is 0. The molecule has 19 heavy (non-hydrogen) atoms. The van der Waals surface area contributed by atoms with E-state index in [9.17, 15) is 4.79 Å². The summed E-state index contributed by atoms with van der Waals surface area (Å²) in [5.41, 5.74) is 6.23. The second kappa shape index (κ2) is 7.29. The molecule has 0 bridgehead atoms. The van der Waals surface area contributed by atoms with Gasteiger partial charge in [-0.2, -0.15) is 0 Å². The Balaban J connectivity index is 1.91. The van der Waals surface area contributed by atoms with Crippen molar-refractivity contribution in [3.63, 3.8) is 0 Å². The maximum atomic E-state index is 12.3. The van der Waals surface area contributed by atoms with Crippen LogP contribution in [-0.2, 0) is 0 Å². The molecule has 2 rings (SSSR count). The number of carbonyl (C=O) groups is 1. The minimum atomic E-state index is 0.234. The third-order valence-electron chi connectivity index (χ3n) is 3.73. The molecule has 0 heterocycles. The minimum Gasteiger partial charge on any atom is -0.494 e. The molecule has 1 aliphatic rings. The Morgan fingerprint density at radius 3 is 2.47 bits per heavy atom. The average molecular weight is 261 g/mol. The number of benzene rings is 1. The van der Waals surface area contributed by atoms with E-state index in [0.717, 1.165) is 30.6 Å². The fourth-order valence-electron chi connectivity index (χ4n) is 2.59. The molecule has 0 atom stereocenters. The van der Waals surface area contributed by atoms with Gasteiger partial charge in [-0.25, -0.2) is 0 Å². The normalized spacial score (nSPS) is 16.3. The van der Waals surface area contributed by atoms with Crippen LogP contribution in [0.15, 0.2) is 24.3 Å². The van der Waals surface area contributed by atoms with Gasteiger partial charge in [0, 0.05) is 11.5 Å². The molecule has 0 spiro atoms. The Labute approximate surface area is 115 Å². The lowest BCUT2D eigenvalue weighted by atomic mass is 9.84. The maximum absolute atomic E-state index is 12.3. The maximum Gasteiger partial charge on any atom is 0.165 e. The van der Waals surface area contributed by atoms with Crippen LogP contribution in [0, 0.1) is 5.92 Å². The summed E-state index contributed by atoms with van der Waals surface area (Å²) in [5.74, 6) is 1.35. The fourth-order valence-corrected chi connectivity index (χ4v) is 2.59. The van der Waals surface area contributed by atoms with E-state index in [1.807, 2.05) is 24.3 Å².